The number of fused-ring (bicyclic) bond motifs is 1. The van der Waals surface area contributed by atoms with Crippen LogP contribution in [0.3, 0.4) is 0 Å². The maximum atomic E-state index is 12.7. The number of rotatable bonds is 6. The van der Waals surface area contributed by atoms with Crippen molar-refractivity contribution in [1.29, 1.82) is 0 Å². The standard InChI is InChI=1S/C23H33N3O4/c1-16-12-20(29-2)21(30-3)13-17(16)14-24-8-10-25(11-9-24)15-26-22(27)18-6-4-5-7-19(18)23(26)28/h12-13,18-19H,4-11,14-15H2,1-3H3/p+2/t18-,19+. The fourth-order valence-corrected chi connectivity index (χ4v) is 5.38. The number of nitrogens with one attached hydrogen (secondary N) is 2. The Bertz CT molecular complexity index is 780. The summed E-state index contributed by atoms with van der Waals surface area (Å²) in [6.07, 6.45) is 3.95. The summed E-state index contributed by atoms with van der Waals surface area (Å²) in [7, 11) is 3.33. The van der Waals surface area contributed by atoms with Gasteiger partial charge < -0.3 is 19.3 Å². The predicted molar refractivity (Wildman–Crippen MR) is 112 cm³/mol. The number of hydrogen-bond donors (Lipinski definition) is 2. The Balaban J connectivity index is 1.32. The molecule has 2 amide bonds. The van der Waals surface area contributed by atoms with Gasteiger partial charge in [0.1, 0.15) is 32.7 Å². The van der Waals surface area contributed by atoms with Crippen LogP contribution >= 0.6 is 0 Å². The lowest BCUT2D eigenvalue weighted by Crippen LogP contribution is -3.28. The van der Waals surface area contributed by atoms with E-state index in [2.05, 4.69) is 13.0 Å². The van der Waals surface area contributed by atoms with Gasteiger partial charge in [-0.05, 0) is 37.5 Å². The number of methoxy groups -OCH3 is 2. The average molecular weight is 418 g/mol. The summed E-state index contributed by atoms with van der Waals surface area (Å²) < 4.78 is 10.9. The minimum absolute atomic E-state index is 0.0365. The first-order valence-electron chi connectivity index (χ1n) is 11.3. The molecule has 0 unspecified atom stereocenters. The van der Waals surface area contributed by atoms with Crippen LogP contribution in [0.4, 0.5) is 0 Å². The highest BCUT2D eigenvalue weighted by Gasteiger charge is 2.49. The number of carbonyl (C=O) groups is 2. The van der Waals surface area contributed by atoms with Gasteiger partial charge in [-0.1, -0.05) is 12.8 Å². The molecule has 3 aliphatic rings. The number of aryl methyl sites for hydroxylation is 1. The van der Waals surface area contributed by atoms with Gasteiger partial charge in [0.25, 0.3) is 0 Å². The molecule has 30 heavy (non-hydrogen) atoms. The molecule has 2 N–H and O–H groups in total. The van der Waals surface area contributed by atoms with Crippen molar-refractivity contribution in [1.82, 2.24) is 4.90 Å². The molecule has 7 heteroatoms. The molecule has 1 aromatic carbocycles. The van der Waals surface area contributed by atoms with Gasteiger partial charge in [0.15, 0.2) is 18.2 Å². The molecular weight excluding hydrogens is 382 g/mol. The van der Waals surface area contributed by atoms with Gasteiger partial charge in [0.2, 0.25) is 11.8 Å². The lowest BCUT2D eigenvalue weighted by atomic mass is 9.81. The second-order valence-corrected chi connectivity index (χ2v) is 9.07. The zero-order valence-electron chi connectivity index (χ0n) is 18.5. The van der Waals surface area contributed by atoms with Crippen molar-refractivity contribution in [2.45, 2.75) is 39.2 Å². The molecule has 1 aliphatic carbocycles. The Labute approximate surface area is 178 Å². The largest absolute Gasteiger partial charge is 0.493 e. The zero-order valence-corrected chi connectivity index (χ0v) is 18.5. The van der Waals surface area contributed by atoms with Crippen LogP contribution in [0, 0.1) is 18.8 Å². The zero-order chi connectivity index (χ0) is 21.3. The van der Waals surface area contributed by atoms with E-state index in [0.29, 0.717) is 6.67 Å². The lowest BCUT2D eigenvalue weighted by Gasteiger charge is -2.31. The SMILES string of the molecule is COc1cc(C)c(C[NH+]2CC[NH+](CN3C(=O)[C@H]4CCCC[C@H]4C3=O)CC2)cc1OC. The predicted octanol–water partition coefficient (Wildman–Crippen LogP) is -0.572. The van der Waals surface area contributed by atoms with E-state index >= 15 is 0 Å². The van der Waals surface area contributed by atoms with E-state index in [1.165, 1.54) is 20.9 Å². The second-order valence-electron chi connectivity index (χ2n) is 9.07. The first-order chi connectivity index (χ1) is 14.5. The normalized spacial score (nSPS) is 29.1. The van der Waals surface area contributed by atoms with Crippen molar-refractivity contribution in [3.05, 3.63) is 23.3 Å². The third-order valence-corrected chi connectivity index (χ3v) is 7.26. The minimum atomic E-state index is -0.0365. The highest BCUT2D eigenvalue weighted by molar-refractivity contribution is 6.05. The molecule has 2 atom stereocenters. The topological polar surface area (TPSA) is 64.7 Å². The van der Waals surface area contributed by atoms with Gasteiger partial charge in [0.05, 0.1) is 26.1 Å². The molecule has 0 radical (unpaired) electrons. The van der Waals surface area contributed by atoms with E-state index < -0.39 is 0 Å². The molecule has 1 saturated carbocycles. The Morgan fingerprint density at radius 2 is 1.43 bits per heavy atom. The molecule has 1 aromatic rings. The van der Waals surface area contributed by atoms with Crippen molar-refractivity contribution >= 4 is 11.8 Å². The summed E-state index contributed by atoms with van der Waals surface area (Å²) in [6, 6.07) is 4.13. The Kier molecular flexibility index (Phi) is 6.29. The quantitative estimate of drug-likeness (QED) is 0.609. The van der Waals surface area contributed by atoms with Gasteiger partial charge in [0, 0.05) is 5.56 Å². The van der Waals surface area contributed by atoms with E-state index in [1.807, 2.05) is 6.07 Å². The average Bonchev–Trinajstić information content (AvgIpc) is 3.01. The molecule has 164 valence electrons. The minimum Gasteiger partial charge on any atom is -0.493 e. The number of likely N-dealkylation sites (tertiary alicyclic amines) is 1. The number of imide groups is 1. The molecule has 7 nitrogen and oxygen atoms in total. The number of hydrogen-bond acceptors (Lipinski definition) is 4. The summed E-state index contributed by atoms with van der Waals surface area (Å²) in [6.45, 7) is 7.64. The number of carbonyl (C=O) groups excluding carboxylic acids is 2. The Hall–Kier alpha value is -2.12. The van der Waals surface area contributed by atoms with Crippen molar-refractivity contribution < 1.29 is 28.9 Å². The highest BCUT2D eigenvalue weighted by atomic mass is 16.5. The van der Waals surface area contributed by atoms with Crippen LogP contribution in [0.15, 0.2) is 12.1 Å². The molecule has 3 fully saturated rings. The van der Waals surface area contributed by atoms with Gasteiger partial charge in [-0.2, -0.15) is 0 Å². The molecule has 4 rings (SSSR count). The number of nitrogens with zero attached hydrogens (tertiary/aromatic N) is 1. The molecule has 2 aliphatic heterocycles. The van der Waals surface area contributed by atoms with Crippen molar-refractivity contribution in [2.75, 3.05) is 47.1 Å². The maximum Gasteiger partial charge on any atom is 0.237 e. The van der Waals surface area contributed by atoms with E-state index in [1.54, 1.807) is 19.1 Å². The van der Waals surface area contributed by atoms with Gasteiger partial charge >= 0.3 is 0 Å². The third kappa shape index (κ3) is 4.05. The number of amides is 2. The van der Waals surface area contributed by atoms with Crippen LogP contribution in [-0.4, -0.2) is 63.8 Å². The fraction of sp³-hybridized carbons (Fsp3) is 0.652. The molecule has 2 saturated heterocycles. The highest BCUT2D eigenvalue weighted by Crippen LogP contribution is 2.37. The lowest BCUT2D eigenvalue weighted by molar-refractivity contribution is -1.02. The van der Waals surface area contributed by atoms with Crippen molar-refractivity contribution in [2.24, 2.45) is 11.8 Å². The second kappa shape index (κ2) is 8.94. The van der Waals surface area contributed by atoms with Crippen LogP contribution in [-0.2, 0) is 16.1 Å². The van der Waals surface area contributed by atoms with E-state index in [9.17, 15) is 9.59 Å². The summed E-state index contributed by atoms with van der Waals surface area (Å²) in [5.74, 6) is 1.65. The number of benzene rings is 1. The monoisotopic (exact) mass is 417 g/mol. The molecule has 0 spiro atoms. The van der Waals surface area contributed by atoms with Crippen molar-refractivity contribution in [3.8, 4) is 11.5 Å². The first kappa shape index (κ1) is 21.1. The number of ether oxygens (including phenoxy) is 2. The van der Waals surface area contributed by atoms with Gasteiger partial charge in [-0.25, -0.2) is 4.90 Å². The first-order valence-corrected chi connectivity index (χ1v) is 11.3. The Morgan fingerprint density at radius 1 is 0.900 bits per heavy atom. The summed E-state index contributed by atoms with van der Waals surface area (Å²) in [5, 5.41) is 0. The molecule has 0 bridgehead atoms. The van der Waals surface area contributed by atoms with Crippen LogP contribution in [0.25, 0.3) is 0 Å². The summed E-state index contributed by atoms with van der Waals surface area (Å²) >= 11 is 0. The van der Waals surface area contributed by atoms with E-state index in [-0.39, 0.29) is 23.7 Å². The van der Waals surface area contributed by atoms with Gasteiger partial charge in [-0.15, -0.1) is 0 Å². The number of piperazine rings is 1. The number of quaternary nitrogens is 2. The van der Waals surface area contributed by atoms with Crippen LogP contribution in [0.2, 0.25) is 0 Å². The molecule has 2 heterocycles. The summed E-state index contributed by atoms with van der Waals surface area (Å²) in [4.78, 5) is 30.0. The smallest absolute Gasteiger partial charge is 0.237 e. The van der Waals surface area contributed by atoms with Crippen LogP contribution in [0.5, 0.6) is 11.5 Å². The van der Waals surface area contributed by atoms with Crippen LogP contribution < -0.4 is 19.3 Å². The van der Waals surface area contributed by atoms with E-state index in [4.69, 9.17) is 9.47 Å². The Morgan fingerprint density at radius 3 is 2.00 bits per heavy atom. The van der Waals surface area contributed by atoms with Crippen LogP contribution in [0.1, 0.15) is 36.8 Å². The molecular formula is C23H35N3O4+2. The summed E-state index contributed by atoms with van der Waals surface area (Å²) in [5.41, 5.74) is 2.49. The molecule has 0 aromatic heterocycles. The fourth-order valence-electron chi connectivity index (χ4n) is 5.38. The maximum absolute atomic E-state index is 12.7. The third-order valence-electron chi connectivity index (χ3n) is 7.26. The van der Waals surface area contributed by atoms with E-state index in [0.717, 1.165) is 69.9 Å². The van der Waals surface area contributed by atoms with Gasteiger partial charge in [-0.3, -0.25) is 9.59 Å². The van der Waals surface area contributed by atoms with Crippen molar-refractivity contribution in [3.63, 3.8) is 0 Å².